The molecule has 3 fully saturated rings. The fourth-order valence-electron chi connectivity index (χ4n) is 4.67. The zero-order valence-electron chi connectivity index (χ0n) is 8.58. The van der Waals surface area contributed by atoms with Gasteiger partial charge in [0.05, 0.1) is 0 Å². The minimum Gasteiger partial charge on any atom is -0.134 e. The first kappa shape index (κ1) is 8.72. The first-order valence-corrected chi connectivity index (χ1v) is 6.68. The van der Waals surface area contributed by atoms with Crippen LogP contribution in [0.5, 0.6) is 0 Å². The van der Waals surface area contributed by atoms with E-state index >= 15 is 0 Å². The molecule has 0 spiro atoms. The summed E-state index contributed by atoms with van der Waals surface area (Å²) in [4.78, 5) is 0. The van der Waals surface area contributed by atoms with Crippen LogP contribution in [-0.4, -0.2) is 5.66 Å². The lowest BCUT2D eigenvalue weighted by Gasteiger charge is -2.36. The maximum Gasteiger partial charge on any atom is -0.0230 e. The van der Waals surface area contributed by atoms with Crippen molar-refractivity contribution in [3.05, 3.63) is 0 Å². The maximum atomic E-state index is 3.13. The topological polar surface area (TPSA) is 0 Å². The SMILES string of the molecule is CC1CC2CCC3CC(P)C(C1)C23. The Kier molecular flexibility index (Phi) is 1.98. The van der Waals surface area contributed by atoms with Crippen LogP contribution in [0.3, 0.4) is 0 Å². The third-order valence-electron chi connectivity index (χ3n) is 5.00. The zero-order valence-corrected chi connectivity index (χ0v) is 9.73. The van der Waals surface area contributed by atoms with Gasteiger partial charge in [-0.15, -0.1) is 9.24 Å². The van der Waals surface area contributed by atoms with E-state index < -0.39 is 0 Å². The molecule has 0 aliphatic heterocycles. The lowest BCUT2D eigenvalue weighted by molar-refractivity contribution is 0.149. The summed E-state index contributed by atoms with van der Waals surface area (Å²) >= 11 is 0. The summed E-state index contributed by atoms with van der Waals surface area (Å²) in [6.07, 6.45) is 7.74. The van der Waals surface area contributed by atoms with Crippen LogP contribution in [0.2, 0.25) is 0 Å². The van der Waals surface area contributed by atoms with Gasteiger partial charge in [-0.05, 0) is 67.4 Å². The monoisotopic (exact) mass is 196 g/mol. The fourth-order valence-corrected chi connectivity index (χ4v) is 5.43. The van der Waals surface area contributed by atoms with Gasteiger partial charge in [-0.1, -0.05) is 6.92 Å². The van der Waals surface area contributed by atoms with Crippen LogP contribution in [0, 0.1) is 29.6 Å². The van der Waals surface area contributed by atoms with E-state index in [0.29, 0.717) is 0 Å². The molecule has 0 bridgehead atoms. The van der Waals surface area contributed by atoms with Gasteiger partial charge < -0.3 is 0 Å². The lowest BCUT2D eigenvalue weighted by atomic mass is 9.70. The second kappa shape index (κ2) is 2.96. The van der Waals surface area contributed by atoms with Crippen LogP contribution in [0.25, 0.3) is 0 Å². The first-order valence-electron chi connectivity index (χ1n) is 6.01. The van der Waals surface area contributed by atoms with E-state index in [2.05, 4.69) is 16.2 Å². The second-order valence-electron chi connectivity index (χ2n) is 5.81. The summed E-state index contributed by atoms with van der Waals surface area (Å²) < 4.78 is 0. The van der Waals surface area contributed by atoms with Crippen molar-refractivity contribution in [3.8, 4) is 0 Å². The van der Waals surface area contributed by atoms with Crippen molar-refractivity contribution < 1.29 is 0 Å². The molecule has 3 rings (SSSR count). The largest absolute Gasteiger partial charge is 0.134 e. The Labute approximate surface area is 84.1 Å². The Morgan fingerprint density at radius 2 is 1.69 bits per heavy atom. The minimum absolute atomic E-state index is 0.973. The highest BCUT2D eigenvalue weighted by atomic mass is 31.0. The van der Waals surface area contributed by atoms with E-state index in [9.17, 15) is 0 Å². The van der Waals surface area contributed by atoms with E-state index in [-0.39, 0.29) is 0 Å². The Bertz CT molecular complexity index is 213. The Morgan fingerprint density at radius 3 is 2.46 bits per heavy atom. The average molecular weight is 196 g/mol. The van der Waals surface area contributed by atoms with Crippen LogP contribution >= 0.6 is 9.24 Å². The van der Waals surface area contributed by atoms with Crippen molar-refractivity contribution in [2.24, 2.45) is 29.6 Å². The number of hydrogen-bond acceptors (Lipinski definition) is 0. The standard InChI is InChI=1S/C12H21P/c1-7-4-8-2-3-9-6-11(13)10(5-7)12(8)9/h7-12H,2-6,13H2,1H3. The zero-order chi connectivity index (χ0) is 9.00. The predicted octanol–water partition coefficient (Wildman–Crippen LogP) is 3.32. The fraction of sp³-hybridized carbons (Fsp3) is 1.00. The molecule has 7 atom stereocenters. The maximum absolute atomic E-state index is 3.13. The summed E-state index contributed by atoms with van der Waals surface area (Å²) in [6, 6.07) is 0. The molecule has 0 aromatic heterocycles. The summed E-state index contributed by atoms with van der Waals surface area (Å²) in [7, 11) is 3.13. The van der Waals surface area contributed by atoms with Gasteiger partial charge in [-0.25, -0.2) is 0 Å². The molecule has 0 N–H and O–H groups in total. The Morgan fingerprint density at radius 1 is 1.00 bits per heavy atom. The lowest BCUT2D eigenvalue weighted by Crippen LogP contribution is -2.30. The molecule has 0 aromatic rings. The smallest absolute Gasteiger partial charge is 0.0230 e. The Balaban J connectivity index is 1.88. The van der Waals surface area contributed by atoms with E-state index in [1.54, 1.807) is 19.3 Å². The van der Waals surface area contributed by atoms with Crippen LogP contribution in [0.15, 0.2) is 0 Å². The van der Waals surface area contributed by atoms with Crippen LogP contribution in [-0.2, 0) is 0 Å². The normalized spacial score (nSPS) is 59.5. The van der Waals surface area contributed by atoms with Gasteiger partial charge >= 0.3 is 0 Å². The second-order valence-corrected chi connectivity index (χ2v) is 6.67. The van der Waals surface area contributed by atoms with Gasteiger partial charge in [0.25, 0.3) is 0 Å². The molecule has 1 heteroatoms. The molecular formula is C12H21P. The van der Waals surface area contributed by atoms with E-state index in [0.717, 1.165) is 35.2 Å². The molecule has 7 unspecified atom stereocenters. The quantitative estimate of drug-likeness (QED) is 0.521. The summed E-state index contributed by atoms with van der Waals surface area (Å²) in [5.74, 6) is 5.52. The third-order valence-corrected chi connectivity index (χ3v) is 5.76. The van der Waals surface area contributed by atoms with Gasteiger partial charge in [-0.2, -0.15) is 0 Å². The summed E-state index contributed by atoms with van der Waals surface area (Å²) in [5, 5.41) is 0. The molecule has 3 aliphatic carbocycles. The van der Waals surface area contributed by atoms with Crippen LogP contribution in [0.1, 0.15) is 39.0 Å². The Hall–Kier alpha value is 0.430. The summed E-state index contributed by atoms with van der Waals surface area (Å²) in [6.45, 7) is 2.47. The minimum atomic E-state index is 0.973. The molecule has 0 nitrogen and oxygen atoms in total. The van der Waals surface area contributed by atoms with E-state index in [1.807, 2.05) is 0 Å². The molecule has 0 heterocycles. The van der Waals surface area contributed by atoms with Gasteiger partial charge in [0, 0.05) is 0 Å². The highest BCUT2D eigenvalue weighted by Crippen LogP contribution is 2.59. The van der Waals surface area contributed by atoms with Crippen molar-refractivity contribution >= 4 is 9.24 Å². The molecular weight excluding hydrogens is 175 g/mol. The van der Waals surface area contributed by atoms with Crippen molar-refractivity contribution in [2.45, 2.75) is 44.7 Å². The molecule has 13 heavy (non-hydrogen) atoms. The van der Waals surface area contributed by atoms with Gasteiger partial charge in [0.2, 0.25) is 0 Å². The molecule has 74 valence electrons. The van der Waals surface area contributed by atoms with Gasteiger partial charge in [0.15, 0.2) is 0 Å². The summed E-state index contributed by atoms with van der Waals surface area (Å²) in [5.41, 5.74) is 0.973. The van der Waals surface area contributed by atoms with Crippen LogP contribution in [0.4, 0.5) is 0 Å². The van der Waals surface area contributed by atoms with Crippen LogP contribution < -0.4 is 0 Å². The number of hydrogen-bond donors (Lipinski definition) is 0. The van der Waals surface area contributed by atoms with E-state index in [1.165, 1.54) is 12.8 Å². The highest BCUT2D eigenvalue weighted by molar-refractivity contribution is 7.17. The third kappa shape index (κ3) is 1.21. The van der Waals surface area contributed by atoms with Crippen molar-refractivity contribution in [2.75, 3.05) is 0 Å². The molecule has 0 amide bonds. The van der Waals surface area contributed by atoms with Crippen molar-refractivity contribution in [1.82, 2.24) is 0 Å². The average Bonchev–Trinajstić information content (AvgIpc) is 2.59. The first-order chi connectivity index (χ1) is 6.25. The van der Waals surface area contributed by atoms with Crippen molar-refractivity contribution in [1.29, 1.82) is 0 Å². The van der Waals surface area contributed by atoms with Gasteiger partial charge in [0.1, 0.15) is 0 Å². The molecule has 3 saturated carbocycles. The van der Waals surface area contributed by atoms with Crippen molar-refractivity contribution in [3.63, 3.8) is 0 Å². The molecule has 3 aliphatic rings. The van der Waals surface area contributed by atoms with E-state index in [4.69, 9.17) is 0 Å². The molecule has 0 radical (unpaired) electrons. The number of rotatable bonds is 0. The molecule has 0 saturated heterocycles. The highest BCUT2D eigenvalue weighted by Gasteiger charge is 2.51. The molecule has 0 aromatic carbocycles. The predicted molar refractivity (Wildman–Crippen MR) is 59.7 cm³/mol. The van der Waals surface area contributed by atoms with Gasteiger partial charge in [-0.3, -0.25) is 0 Å².